The molecule has 0 aliphatic heterocycles. The Labute approximate surface area is 127 Å². The predicted molar refractivity (Wildman–Crippen MR) is 85.0 cm³/mol. The Bertz CT molecular complexity index is 732. The molecule has 0 amide bonds. The standard InChI is InChI=1S/C16H18N2O2S/c1-10(2)13-6-11-7-16(21-3)15(8-14(11)17-13)19-9-12-4-5-20-18-12/h4-8,10,17H,9H2,1-3H3. The molecule has 3 rings (SSSR count). The third kappa shape index (κ3) is 2.93. The molecule has 3 aromatic rings. The summed E-state index contributed by atoms with van der Waals surface area (Å²) in [7, 11) is 0. The highest BCUT2D eigenvalue weighted by Gasteiger charge is 2.10. The monoisotopic (exact) mass is 302 g/mol. The lowest BCUT2D eigenvalue weighted by molar-refractivity contribution is 0.283. The molecule has 1 N–H and O–H groups in total. The first kappa shape index (κ1) is 14.1. The number of H-pyrrole nitrogens is 1. The summed E-state index contributed by atoms with van der Waals surface area (Å²) >= 11 is 1.68. The molecule has 0 saturated heterocycles. The van der Waals surface area contributed by atoms with E-state index in [-0.39, 0.29) is 0 Å². The van der Waals surface area contributed by atoms with Gasteiger partial charge in [-0.3, -0.25) is 0 Å². The fourth-order valence-electron chi connectivity index (χ4n) is 2.21. The number of aromatic nitrogens is 2. The predicted octanol–water partition coefficient (Wildman–Crippen LogP) is 4.58. The molecule has 2 heterocycles. The number of hydrogen-bond donors (Lipinski definition) is 1. The number of ether oxygens (including phenoxy) is 1. The fourth-order valence-corrected chi connectivity index (χ4v) is 2.77. The average molecular weight is 302 g/mol. The van der Waals surface area contributed by atoms with E-state index >= 15 is 0 Å². The third-order valence-electron chi connectivity index (χ3n) is 3.41. The van der Waals surface area contributed by atoms with Crippen molar-refractivity contribution in [2.45, 2.75) is 31.3 Å². The molecule has 0 saturated carbocycles. The van der Waals surface area contributed by atoms with E-state index in [0.717, 1.165) is 21.9 Å². The molecule has 0 radical (unpaired) electrons. The number of hydrogen-bond acceptors (Lipinski definition) is 4. The molecule has 0 bridgehead atoms. The van der Waals surface area contributed by atoms with Gasteiger partial charge in [0, 0.05) is 33.6 Å². The molecule has 21 heavy (non-hydrogen) atoms. The van der Waals surface area contributed by atoms with Crippen molar-refractivity contribution in [1.82, 2.24) is 10.1 Å². The van der Waals surface area contributed by atoms with Crippen LogP contribution in [0.4, 0.5) is 0 Å². The van der Waals surface area contributed by atoms with Gasteiger partial charge in [-0.05, 0) is 24.3 Å². The number of fused-ring (bicyclic) bond motifs is 1. The highest BCUT2D eigenvalue weighted by Crippen LogP contribution is 2.34. The van der Waals surface area contributed by atoms with Crippen LogP contribution in [-0.2, 0) is 6.61 Å². The van der Waals surface area contributed by atoms with Crippen molar-refractivity contribution in [2.24, 2.45) is 0 Å². The van der Waals surface area contributed by atoms with E-state index < -0.39 is 0 Å². The second kappa shape index (κ2) is 5.85. The summed E-state index contributed by atoms with van der Waals surface area (Å²) < 4.78 is 10.7. The minimum atomic E-state index is 0.410. The minimum absolute atomic E-state index is 0.410. The smallest absolute Gasteiger partial charge is 0.135 e. The Hall–Kier alpha value is -1.88. The van der Waals surface area contributed by atoms with E-state index in [4.69, 9.17) is 9.26 Å². The van der Waals surface area contributed by atoms with Crippen LogP contribution in [0.25, 0.3) is 10.9 Å². The SMILES string of the molecule is CSc1cc2cc(C(C)C)[nH]c2cc1OCc1ccon1. The van der Waals surface area contributed by atoms with E-state index in [0.29, 0.717) is 12.5 Å². The van der Waals surface area contributed by atoms with Crippen LogP contribution in [0.5, 0.6) is 5.75 Å². The van der Waals surface area contributed by atoms with Gasteiger partial charge in [-0.2, -0.15) is 0 Å². The zero-order valence-electron chi connectivity index (χ0n) is 12.3. The highest BCUT2D eigenvalue weighted by atomic mass is 32.2. The molecule has 2 aromatic heterocycles. The van der Waals surface area contributed by atoms with Gasteiger partial charge in [-0.15, -0.1) is 11.8 Å². The van der Waals surface area contributed by atoms with E-state index in [1.165, 1.54) is 11.1 Å². The molecule has 110 valence electrons. The molecule has 0 unspecified atom stereocenters. The quantitative estimate of drug-likeness (QED) is 0.701. The molecule has 0 aliphatic rings. The van der Waals surface area contributed by atoms with Gasteiger partial charge >= 0.3 is 0 Å². The van der Waals surface area contributed by atoms with Crippen molar-refractivity contribution >= 4 is 22.7 Å². The fraction of sp³-hybridized carbons (Fsp3) is 0.312. The van der Waals surface area contributed by atoms with Crippen LogP contribution >= 0.6 is 11.8 Å². The molecule has 0 fully saturated rings. The zero-order chi connectivity index (χ0) is 14.8. The van der Waals surface area contributed by atoms with Crippen LogP contribution in [0.3, 0.4) is 0 Å². The maximum absolute atomic E-state index is 5.89. The van der Waals surface area contributed by atoms with Gasteiger partial charge in [-0.25, -0.2) is 0 Å². The van der Waals surface area contributed by atoms with Gasteiger partial charge in [0.25, 0.3) is 0 Å². The van der Waals surface area contributed by atoms with Crippen LogP contribution in [-0.4, -0.2) is 16.4 Å². The van der Waals surface area contributed by atoms with Crippen molar-refractivity contribution in [3.8, 4) is 5.75 Å². The summed E-state index contributed by atoms with van der Waals surface area (Å²) in [4.78, 5) is 4.58. The van der Waals surface area contributed by atoms with Gasteiger partial charge < -0.3 is 14.2 Å². The molecule has 1 aromatic carbocycles. The van der Waals surface area contributed by atoms with Crippen molar-refractivity contribution < 1.29 is 9.26 Å². The summed E-state index contributed by atoms with van der Waals surface area (Å²) in [6, 6.07) is 8.25. The average Bonchev–Trinajstić information content (AvgIpc) is 3.12. The number of benzene rings is 1. The summed E-state index contributed by atoms with van der Waals surface area (Å²) in [6.07, 6.45) is 3.61. The van der Waals surface area contributed by atoms with E-state index in [1.807, 2.05) is 6.07 Å². The van der Waals surface area contributed by atoms with Crippen LogP contribution < -0.4 is 4.74 Å². The lowest BCUT2D eigenvalue weighted by Crippen LogP contribution is -1.96. The van der Waals surface area contributed by atoms with Crippen LogP contribution in [0.1, 0.15) is 31.2 Å². The first-order valence-electron chi connectivity index (χ1n) is 6.90. The van der Waals surface area contributed by atoms with Crippen molar-refractivity contribution in [2.75, 3.05) is 6.26 Å². The first-order valence-corrected chi connectivity index (χ1v) is 8.12. The topological polar surface area (TPSA) is 51.0 Å². The number of nitrogens with zero attached hydrogens (tertiary/aromatic N) is 1. The van der Waals surface area contributed by atoms with Gasteiger partial charge in [0.15, 0.2) is 0 Å². The van der Waals surface area contributed by atoms with E-state index in [2.05, 4.69) is 48.4 Å². The molecule has 4 nitrogen and oxygen atoms in total. The van der Waals surface area contributed by atoms with Gasteiger partial charge in [0.2, 0.25) is 0 Å². The molecule has 0 atom stereocenters. The van der Waals surface area contributed by atoms with Crippen molar-refractivity contribution in [1.29, 1.82) is 0 Å². The third-order valence-corrected chi connectivity index (χ3v) is 4.17. The van der Waals surface area contributed by atoms with Gasteiger partial charge in [0.1, 0.15) is 24.3 Å². The zero-order valence-corrected chi connectivity index (χ0v) is 13.2. The molecule has 5 heteroatoms. The maximum Gasteiger partial charge on any atom is 0.135 e. The van der Waals surface area contributed by atoms with Crippen LogP contribution in [0.2, 0.25) is 0 Å². The molecule has 0 aliphatic carbocycles. The summed E-state index contributed by atoms with van der Waals surface area (Å²) in [6.45, 7) is 4.78. The Morgan fingerprint density at radius 1 is 1.33 bits per heavy atom. The Morgan fingerprint density at radius 2 is 2.19 bits per heavy atom. The van der Waals surface area contributed by atoms with Crippen molar-refractivity contribution in [3.05, 3.63) is 41.9 Å². The number of aromatic amines is 1. The van der Waals surface area contributed by atoms with E-state index in [9.17, 15) is 0 Å². The second-order valence-corrected chi connectivity index (χ2v) is 6.10. The van der Waals surface area contributed by atoms with Crippen LogP contribution in [0.15, 0.2) is 39.9 Å². The number of thioether (sulfide) groups is 1. The minimum Gasteiger partial charge on any atom is -0.486 e. The largest absolute Gasteiger partial charge is 0.486 e. The normalized spacial score (nSPS) is 11.4. The lowest BCUT2D eigenvalue weighted by atomic mass is 10.1. The summed E-state index contributed by atoms with van der Waals surface area (Å²) in [5.41, 5.74) is 3.13. The van der Waals surface area contributed by atoms with Crippen molar-refractivity contribution in [3.63, 3.8) is 0 Å². The Morgan fingerprint density at radius 3 is 2.86 bits per heavy atom. The summed E-state index contributed by atoms with van der Waals surface area (Å²) in [5.74, 6) is 1.35. The molecule has 0 spiro atoms. The first-order chi connectivity index (χ1) is 10.2. The molecular formula is C16H18N2O2S. The highest BCUT2D eigenvalue weighted by molar-refractivity contribution is 7.98. The Balaban J connectivity index is 1.92. The number of nitrogens with one attached hydrogen (secondary N) is 1. The Kier molecular flexibility index (Phi) is 3.92. The van der Waals surface area contributed by atoms with Gasteiger partial charge in [0.05, 0.1) is 0 Å². The van der Waals surface area contributed by atoms with E-state index in [1.54, 1.807) is 18.0 Å². The van der Waals surface area contributed by atoms with Crippen LogP contribution in [0, 0.1) is 0 Å². The summed E-state index contributed by atoms with van der Waals surface area (Å²) in [5, 5.41) is 5.08. The lowest BCUT2D eigenvalue weighted by Gasteiger charge is -2.09. The second-order valence-electron chi connectivity index (χ2n) is 5.25. The van der Waals surface area contributed by atoms with Gasteiger partial charge in [-0.1, -0.05) is 19.0 Å². The number of rotatable bonds is 5. The molecular weight excluding hydrogens is 284 g/mol. The maximum atomic E-state index is 5.89.